The fourth-order valence-electron chi connectivity index (χ4n) is 8.05. The summed E-state index contributed by atoms with van der Waals surface area (Å²) in [6, 6.07) is 0. The highest BCUT2D eigenvalue weighted by Crippen LogP contribution is 2.62. The minimum absolute atomic E-state index is 0.151. The number of carbonyl (C=O) groups excluding carboxylic acids is 1. The zero-order valence-corrected chi connectivity index (χ0v) is 19.9. The predicted octanol–water partition coefficient (Wildman–Crippen LogP) is 6.59. The van der Waals surface area contributed by atoms with E-state index in [4.69, 9.17) is 0 Å². The molecule has 9 atom stereocenters. The lowest BCUT2D eigenvalue weighted by Crippen LogP contribution is -2.51. The monoisotopic (exact) mass is 412 g/mol. The van der Waals surface area contributed by atoms with Crippen LogP contribution in [0.25, 0.3) is 0 Å². The van der Waals surface area contributed by atoms with E-state index in [1.54, 1.807) is 0 Å². The molecule has 168 valence electrons. The molecule has 4 aliphatic carbocycles. The SMILES string of the molecule is CC[C@@H](/C=C/[C@@H](C)[C@H]1CC[C@H]2[C@@H]1CC[C@H]1[C@H]2C(=O)C=C2C[C@@H](O)CC[C@@]21C)C(C)C. The number of carbonyl (C=O) groups is 1. The lowest BCUT2D eigenvalue weighted by molar-refractivity contribution is -0.130. The van der Waals surface area contributed by atoms with Gasteiger partial charge in [0.25, 0.3) is 0 Å². The molecule has 3 saturated carbocycles. The maximum Gasteiger partial charge on any atom is 0.159 e. The van der Waals surface area contributed by atoms with Crippen molar-refractivity contribution >= 4 is 5.78 Å². The summed E-state index contributed by atoms with van der Waals surface area (Å²) in [4.78, 5) is 13.3. The van der Waals surface area contributed by atoms with Gasteiger partial charge < -0.3 is 5.11 Å². The normalized spacial score (nSPS) is 43.2. The molecule has 1 N–H and O–H groups in total. The Kier molecular flexibility index (Phi) is 6.37. The number of hydrogen-bond donors (Lipinski definition) is 1. The number of aliphatic hydroxyl groups excluding tert-OH is 1. The van der Waals surface area contributed by atoms with Crippen molar-refractivity contribution in [2.45, 2.75) is 92.1 Å². The number of ketones is 1. The molecule has 2 heteroatoms. The molecule has 2 nitrogen and oxygen atoms in total. The molecule has 0 amide bonds. The van der Waals surface area contributed by atoms with E-state index in [1.807, 2.05) is 6.08 Å². The lowest BCUT2D eigenvalue weighted by atomic mass is 9.49. The molecule has 0 aromatic heterocycles. The van der Waals surface area contributed by atoms with Crippen molar-refractivity contribution in [3.8, 4) is 0 Å². The van der Waals surface area contributed by atoms with Crippen LogP contribution in [-0.2, 0) is 4.79 Å². The molecule has 0 bridgehead atoms. The van der Waals surface area contributed by atoms with E-state index in [0.717, 1.165) is 31.1 Å². The molecular weight excluding hydrogens is 368 g/mol. The van der Waals surface area contributed by atoms with E-state index in [0.29, 0.717) is 35.4 Å². The quantitative estimate of drug-likeness (QED) is 0.517. The summed E-state index contributed by atoms with van der Waals surface area (Å²) in [5.74, 6) is 5.22. The Morgan fingerprint density at radius 1 is 1.10 bits per heavy atom. The Labute approximate surface area is 184 Å². The van der Waals surface area contributed by atoms with Gasteiger partial charge in [0.15, 0.2) is 5.78 Å². The van der Waals surface area contributed by atoms with Crippen molar-refractivity contribution in [1.82, 2.24) is 0 Å². The molecule has 4 rings (SSSR count). The Hall–Kier alpha value is -0.890. The van der Waals surface area contributed by atoms with Gasteiger partial charge in [-0.05, 0) is 104 Å². The molecule has 0 aromatic carbocycles. The first-order valence-electron chi connectivity index (χ1n) is 12.9. The van der Waals surface area contributed by atoms with Gasteiger partial charge in [0.05, 0.1) is 6.10 Å². The van der Waals surface area contributed by atoms with Crippen molar-refractivity contribution in [3.05, 3.63) is 23.8 Å². The molecule has 0 unspecified atom stereocenters. The first-order valence-corrected chi connectivity index (χ1v) is 12.9. The summed E-state index contributed by atoms with van der Waals surface area (Å²) in [5.41, 5.74) is 1.41. The highest BCUT2D eigenvalue weighted by molar-refractivity contribution is 5.94. The fourth-order valence-corrected chi connectivity index (χ4v) is 8.05. The average molecular weight is 413 g/mol. The van der Waals surface area contributed by atoms with Crippen molar-refractivity contribution in [2.75, 3.05) is 0 Å². The van der Waals surface area contributed by atoms with Crippen molar-refractivity contribution < 1.29 is 9.90 Å². The minimum Gasteiger partial charge on any atom is -0.393 e. The minimum atomic E-state index is -0.244. The maximum atomic E-state index is 13.3. The summed E-state index contributed by atoms with van der Waals surface area (Å²) in [7, 11) is 0. The number of allylic oxidation sites excluding steroid dienone is 3. The maximum absolute atomic E-state index is 13.3. The number of rotatable bonds is 5. The molecule has 4 aliphatic rings. The van der Waals surface area contributed by atoms with E-state index in [9.17, 15) is 9.90 Å². The van der Waals surface area contributed by atoms with Crippen LogP contribution in [0.5, 0.6) is 0 Å². The summed E-state index contributed by atoms with van der Waals surface area (Å²) in [6.07, 6.45) is 15.7. The van der Waals surface area contributed by atoms with E-state index in [2.05, 4.69) is 46.8 Å². The molecule has 0 spiro atoms. The van der Waals surface area contributed by atoms with Crippen LogP contribution in [0.2, 0.25) is 0 Å². The van der Waals surface area contributed by atoms with Gasteiger partial charge >= 0.3 is 0 Å². The van der Waals surface area contributed by atoms with Crippen molar-refractivity contribution in [3.63, 3.8) is 0 Å². The van der Waals surface area contributed by atoms with Gasteiger partial charge in [0.1, 0.15) is 0 Å². The van der Waals surface area contributed by atoms with Crippen molar-refractivity contribution in [2.24, 2.45) is 52.8 Å². The Bertz CT molecular complexity index is 703. The summed E-state index contributed by atoms with van der Waals surface area (Å²) >= 11 is 0. The van der Waals surface area contributed by atoms with Crippen molar-refractivity contribution in [1.29, 1.82) is 0 Å². The molecule has 30 heavy (non-hydrogen) atoms. The Morgan fingerprint density at radius 3 is 2.53 bits per heavy atom. The third-order valence-corrected chi connectivity index (χ3v) is 9.95. The Balaban J connectivity index is 1.51. The first-order chi connectivity index (χ1) is 14.3. The zero-order chi connectivity index (χ0) is 21.6. The van der Waals surface area contributed by atoms with Crippen LogP contribution in [-0.4, -0.2) is 17.0 Å². The van der Waals surface area contributed by atoms with Gasteiger partial charge in [0.2, 0.25) is 0 Å². The second-order valence-electron chi connectivity index (χ2n) is 11.7. The molecular formula is C28H44O2. The van der Waals surface area contributed by atoms with E-state index >= 15 is 0 Å². The molecule has 0 heterocycles. The predicted molar refractivity (Wildman–Crippen MR) is 124 cm³/mol. The van der Waals surface area contributed by atoms with Crippen LogP contribution in [0.15, 0.2) is 23.8 Å². The van der Waals surface area contributed by atoms with Crippen LogP contribution in [0, 0.1) is 52.8 Å². The number of aliphatic hydroxyl groups is 1. The Morgan fingerprint density at radius 2 is 1.83 bits per heavy atom. The zero-order valence-electron chi connectivity index (χ0n) is 19.9. The van der Waals surface area contributed by atoms with E-state index < -0.39 is 0 Å². The van der Waals surface area contributed by atoms with Crippen LogP contribution < -0.4 is 0 Å². The first kappa shape index (κ1) is 22.3. The molecule has 0 aliphatic heterocycles. The topological polar surface area (TPSA) is 37.3 Å². The standard InChI is InChI=1S/C28H44O2/c1-6-19(17(2)3)8-7-18(4)22-9-10-24-23(22)11-12-25-27(24)26(30)16-20-15-21(29)13-14-28(20,25)5/h7-8,16-19,21-25,27,29H,6,9-15H2,1-5H3/b8-7+/t18-,19+,21+,22-,23-,24+,25+,27+,28+/m1/s1. The highest BCUT2D eigenvalue weighted by atomic mass is 16.3. The molecule has 0 aromatic rings. The average Bonchev–Trinajstić information content (AvgIpc) is 3.14. The largest absolute Gasteiger partial charge is 0.393 e. The molecule has 0 saturated heterocycles. The fraction of sp³-hybridized carbons (Fsp3) is 0.821. The highest BCUT2D eigenvalue weighted by Gasteiger charge is 2.57. The second kappa shape index (κ2) is 8.57. The van der Waals surface area contributed by atoms with Gasteiger partial charge in [-0.25, -0.2) is 0 Å². The van der Waals surface area contributed by atoms with Gasteiger partial charge in [0, 0.05) is 5.92 Å². The van der Waals surface area contributed by atoms with Crippen LogP contribution in [0.4, 0.5) is 0 Å². The van der Waals surface area contributed by atoms with Crippen LogP contribution in [0.3, 0.4) is 0 Å². The molecule has 3 fully saturated rings. The van der Waals surface area contributed by atoms with Gasteiger partial charge in [-0.3, -0.25) is 4.79 Å². The van der Waals surface area contributed by atoms with E-state index in [1.165, 1.54) is 37.7 Å². The smallest absolute Gasteiger partial charge is 0.159 e. The lowest BCUT2D eigenvalue weighted by Gasteiger charge is -2.54. The van der Waals surface area contributed by atoms with Crippen LogP contribution in [0.1, 0.15) is 86.0 Å². The van der Waals surface area contributed by atoms with E-state index in [-0.39, 0.29) is 17.4 Å². The summed E-state index contributed by atoms with van der Waals surface area (Å²) < 4.78 is 0. The third kappa shape index (κ3) is 3.76. The third-order valence-electron chi connectivity index (χ3n) is 9.95. The molecule has 0 radical (unpaired) electrons. The van der Waals surface area contributed by atoms with Gasteiger partial charge in [-0.2, -0.15) is 0 Å². The van der Waals surface area contributed by atoms with Gasteiger partial charge in [-0.15, -0.1) is 0 Å². The van der Waals surface area contributed by atoms with Crippen LogP contribution >= 0.6 is 0 Å². The van der Waals surface area contributed by atoms with Gasteiger partial charge in [-0.1, -0.05) is 52.3 Å². The summed E-state index contributed by atoms with van der Waals surface area (Å²) in [5, 5.41) is 10.2. The number of hydrogen-bond acceptors (Lipinski definition) is 2. The summed E-state index contributed by atoms with van der Waals surface area (Å²) in [6.45, 7) is 11.8. The number of fused-ring (bicyclic) bond motifs is 5. The second-order valence-corrected chi connectivity index (χ2v) is 11.7.